The van der Waals surface area contributed by atoms with E-state index in [4.69, 9.17) is 4.74 Å². The van der Waals surface area contributed by atoms with Gasteiger partial charge in [-0.3, -0.25) is 9.59 Å². The van der Waals surface area contributed by atoms with E-state index in [2.05, 4.69) is 20.3 Å². The largest absolute Gasteiger partial charge is 0.376 e. The van der Waals surface area contributed by atoms with Gasteiger partial charge in [0.2, 0.25) is 0 Å². The maximum absolute atomic E-state index is 12.8. The van der Waals surface area contributed by atoms with Gasteiger partial charge in [-0.2, -0.15) is 0 Å². The number of hydrogen-bond acceptors (Lipinski definition) is 6. The van der Waals surface area contributed by atoms with Gasteiger partial charge < -0.3 is 14.6 Å². The van der Waals surface area contributed by atoms with E-state index >= 15 is 0 Å². The normalized spacial score (nSPS) is 16.7. The second kappa shape index (κ2) is 7.32. The van der Waals surface area contributed by atoms with Crippen molar-refractivity contribution in [2.75, 3.05) is 6.61 Å². The highest BCUT2D eigenvalue weighted by molar-refractivity contribution is 5.95. The molecule has 1 N–H and O–H groups in total. The second-order valence-electron chi connectivity index (χ2n) is 6.74. The summed E-state index contributed by atoms with van der Waals surface area (Å²) < 4.78 is 11.8. The molecule has 1 fully saturated rings. The van der Waals surface area contributed by atoms with Gasteiger partial charge in [0.25, 0.3) is 11.5 Å². The minimum atomic E-state index is -0.391. The van der Waals surface area contributed by atoms with Gasteiger partial charge in [0, 0.05) is 19.3 Å². The van der Waals surface area contributed by atoms with Crippen LogP contribution in [0.5, 0.6) is 0 Å². The maximum Gasteiger partial charge on any atom is 0.263 e. The van der Waals surface area contributed by atoms with Crippen LogP contribution in [0.2, 0.25) is 0 Å². The van der Waals surface area contributed by atoms with Crippen LogP contribution in [0.4, 0.5) is 0 Å². The Morgan fingerprint density at radius 3 is 2.96 bits per heavy atom. The van der Waals surface area contributed by atoms with Crippen LogP contribution < -0.4 is 10.9 Å². The van der Waals surface area contributed by atoms with Crippen molar-refractivity contribution in [3.63, 3.8) is 0 Å². The van der Waals surface area contributed by atoms with E-state index in [1.807, 2.05) is 6.07 Å². The van der Waals surface area contributed by atoms with Crippen molar-refractivity contribution in [2.24, 2.45) is 0 Å². The van der Waals surface area contributed by atoms with Crippen molar-refractivity contribution in [2.45, 2.75) is 39.0 Å². The molecule has 1 aliphatic rings. The minimum Gasteiger partial charge on any atom is -0.376 e. The fraction of sp³-hybridized carbons (Fsp3) is 0.368. The average Bonchev–Trinajstić information content (AvgIpc) is 3.33. The summed E-state index contributed by atoms with van der Waals surface area (Å²) in [7, 11) is 0. The van der Waals surface area contributed by atoms with Crippen molar-refractivity contribution >= 4 is 16.9 Å². The van der Waals surface area contributed by atoms with Crippen molar-refractivity contribution in [3.05, 3.63) is 57.5 Å². The van der Waals surface area contributed by atoms with Crippen LogP contribution in [0.15, 0.2) is 39.9 Å². The van der Waals surface area contributed by atoms with E-state index in [9.17, 15) is 9.59 Å². The number of aryl methyl sites for hydroxylation is 1. The summed E-state index contributed by atoms with van der Waals surface area (Å²) in [6, 6.07) is 7.19. The van der Waals surface area contributed by atoms with E-state index < -0.39 is 5.91 Å². The van der Waals surface area contributed by atoms with Crippen molar-refractivity contribution in [1.82, 2.24) is 20.2 Å². The number of nitrogens with zero attached hydrogens (tertiary/aromatic N) is 3. The molecule has 1 aliphatic heterocycles. The molecule has 1 aromatic carbocycles. The Balaban J connectivity index is 1.50. The van der Waals surface area contributed by atoms with Gasteiger partial charge >= 0.3 is 0 Å². The lowest BCUT2D eigenvalue weighted by Gasteiger charge is -2.14. The Morgan fingerprint density at radius 2 is 2.15 bits per heavy atom. The summed E-state index contributed by atoms with van der Waals surface area (Å²) in [4.78, 5) is 25.4. The van der Waals surface area contributed by atoms with Crippen LogP contribution in [0.3, 0.4) is 0 Å². The fourth-order valence-corrected chi connectivity index (χ4v) is 3.30. The highest BCUT2D eigenvalue weighted by Crippen LogP contribution is 2.14. The third-order valence-electron chi connectivity index (χ3n) is 4.80. The van der Waals surface area contributed by atoms with Crippen LogP contribution in [0.25, 0.3) is 11.0 Å². The molecule has 0 saturated carbocycles. The van der Waals surface area contributed by atoms with E-state index in [0.29, 0.717) is 23.1 Å². The van der Waals surface area contributed by atoms with E-state index in [-0.39, 0.29) is 23.8 Å². The standard InChI is InChI=1S/C19H20N4O4/c1-12-6-7-23(11-14-3-2-8-26-14)19(25)17(12)18(24)20-10-13-4-5-15-16(9-13)22-27-21-15/h4-7,9,14H,2-3,8,10-11H2,1H3,(H,20,24). The molecule has 8 heteroatoms. The van der Waals surface area contributed by atoms with Gasteiger partial charge in [-0.05, 0) is 59.4 Å². The zero-order chi connectivity index (χ0) is 18.8. The Labute approximate surface area is 155 Å². The van der Waals surface area contributed by atoms with Gasteiger partial charge in [-0.25, -0.2) is 4.63 Å². The third-order valence-corrected chi connectivity index (χ3v) is 4.80. The molecule has 0 aliphatic carbocycles. The topological polar surface area (TPSA) is 99.2 Å². The number of hydrogen-bond donors (Lipinski definition) is 1. The molecule has 3 heterocycles. The molecule has 2 aromatic heterocycles. The SMILES string of the molecule is Cc1ccn(CC2CCCO2)c(=O)c1C(=O)NCc1ccc2nonc2c1. The number of amides is 1. The predicted octanol–water partition coefficient (Wildman–Crippen LogP) is 1.80. The first kappa shape index (κ1) is 17.4. The summed E-state index contributed by atoms with van der Waals surface area (Å²) in [6.07, 6.45) is 3.69. The van der Waals surface area contributed by atoms with E-state index in [1.54, 1.807) is 35.9 Å². The number of nitrogens with one attached hydrogen (secondary N) is 1. The zero-order valence-corrected chi connectivity index (χ0v) is 15.0. The van der Waals surface area contributed by atoms with Crippen molar-refractivity contribution < 1.29 is 14.2 Å². The maximum atomic E-state index is 12.8. The molecule has 1 unspecified atom stereocenters. The molecule has 1 amide bonds. The molecule has 4 rings (SSSR count). The highest BCUT2D eigenvalue weighted by Gasteiger charge is 2.20. The molecule has 1 saturated heterocycles. The summed E-state index contributed by atoms with van der Waals surface area (Å²) in [5.74, 6) is -0.391. The summed E-state index contributed by atoms with van der Waals surface area (Å²) in [5.41, 5.74) is 2.65. The third kappa shape index (κ3) is 3.61. The Hall–Kier alpha value is -3.00. The Bertz CT molecular complexity index is 1030. The van der Waals surface area contributed by atoms with Crippen molar-refractivity contribution in [1.29, 1.82) is 0 Å². The molecule has 0 radical (unpaired) electrons. The van der Waals surface area contributed by atoms with Crippen LogP contribution in [-0.2, 0) is 17.8 Å². The number of fused-ring (bicyclic) bond motifs is 1. The zero-order valence-electron chi connectivity index (χ0n) is 15.0. The van der Waals surface area contributed by atoms with Crippen LogP contribution in [0.1, 0.15) is 34.3 Å². The number of rotatable bonds is 5. The molecule has 140 valence electrons. The van der Waals surface area contributed by atoms with Gasteiger partial charge in [0.15, 0.2) is 0 Å². The minimum absolute atomic E-state index is 0.0316. The van der Waals surface area contributed by atoms with Gasteiger partial charge in [0.05, 0.1) is 12.6 Å². The highest BCUT2D eigenvalue weighted by atomic mass is 16.6. The summed E-state index contributed by atoms with van der Waals surface area (Å²) >= 11 is 0. The van der Waals surface area contributed by atoms with Gasteiger partial charge in [0.1, 0.15) is 16.6 Å². The quantitative estimate of drug-likeness (QED) is 0.737. The molecule has 1 atom stereocenters. The monoisotopic (exact) mass is 368 g/mol. The smallest absolute Gasteiger partial charge is 0.263 e. The number of aromatic nitrogens is 3. The number of carbonyl (C=O) groups is 1. The molecular weight excluding hydrogens is 348 g/mol. The van der Waals surface area contributed by atoms with Crippen LogP contribution in [0, 0.1) is 6.92 Å². The number of ether oxygens (including phenoxy) is 1. The second-order valence-corrected chi connectivity index (χ2v) is 6.74. The first-order chi connectivity index (χ1) is 13.1. The Kier molecular flexibility index (Phi) is 4.72. The number of carbonyl (C=O) groups excluding carboxylic acids is 1. The van der Waals surface area contributed by atoms with Gasteiger partial charge in [-0.1, -0.05) is 6.07 Å². The predicted molar refractivity (Wildman–Crippen MR) is 97.4 cm³/mol. The summed E-state index contributed by atoms with van der Waals surface area (Å²) in [5, 5.41) is 10.4. The fourth-order valence-electron chi connectivity index (χ4n) is 3.30. The van der Waals surface area contributed by atoms with E-state index in [1.165, 1.54) is 0 Å². The lowest BCUT2D eigenvalue weighted by molar-refractivity contribution is 0.0928. The molecular formula is C19H20N4O4. The molecule has 8 nitrogen and oxygen atoms in total. The molecule has 0 spiro atoms. The van der Waals surface area contributed by atoms with Gasteiger partial charge in [-0.15, -0.1) is 0 Å². The Morgan fingerprint density at radius 1 is 1.30 bits per heavy atom. The van der Waals surface area contributed by atoms with E-state index in [0.717, 1.165) is 25.0 Å². The first-order valence-electron chi connectivity index (χ1n) is 8.93. The molecule has 0 bridgehead atoms. The number of pyridine rings is 1. The first-order valence-corrected chi connectivity index (χ1v) is 8.93. The summed E-state index contributed by atoms with van der Waals surface area (Å²) in [6.45, 7) is 3.24. The number of benzene rings is 1. The lowest BCUT2D eigenvalue weighted by Crippen LogP contribution is -2.35. The lowest BCUT2D eigenvalue weighted by atomic mass is 10.1. The van der Waals surface area contributed by atoms with Crippen LogP contribution >= 0.6 is 0 Å². The van der Waals surface area contributed by atoms with Crippen LogP contribution in [-0.4, -0.2) is 33.5 Å². The molecule has 27 heavy (non-hydrogen) atoms. The average molecular weight is 368 g/mol. The van der Waals surface area contributed by atoms with Crippen molar-refractivity contribution in [3.8, 4) is 0 Å². The molecule has 3 aromatic rings.